The molecule has 0 unspecified atom stereocenters. The van der Waals surface area contributed by atoms with Gasteiger partial charge in [-0.25, -0.2) is 0 Å². The zero-order chi connectivity index (χ0) is 21.9. The summed E-state index contributed by atoms with van der Waals surface area (Å²) >= 11 is 0. The number of carbonyl (C=O) groups is 4. The topological polar surface area (TPSA) is 96.0 Å². The zero-order valence-electron chi connectivity index (χ0n) is 17.8. The minimum Gasteiger partial charge on any atom is -0.456 e. The molecule has 1 fully saturated rings. The highest BCUT2D eigenvalue weighted by atomic mass is 16.5. The second-order valence-corrected chi connectivity index (χ2v) is 7.40. The second kappa shape index (κ2) is 11.9. The van der Waals surface area contributed by atoms with Crippen molar-refractivity contribution in [1.82, 2.24) is 9.80 Å². The Balaban J connectivity index is 1.63. The van der Waals surface area contributed by atoms with Gasteiger partial charge in [-0.3, -0.25) is 19.2 Å². The van der Waals surface area contributed by atoms with Gasteiger partial charge in [0.05, 0.1) is 6.42 Å². The van der Waals surface area contributed by atoms with Crippen molar-refractivity contribution in [3.8, 4) is 0 Å². The maximum Gasteiger partial charge on any atom is 0.306 e. The molecule has 1 aliphatic heterocycles. The molecule has 0 aliphatic carbocycles. The number of piperazine rings is 1. The number of amides is 3. The molecule has 8 nitrogen and oxygen atoms in total. The van der Waals surface area contributed by atoms with Gasteiger partial charge >= 0.3 is 5.97 Å². The molecule has 1 aliphatic rings. The molecule has 3 amide bonds. The van der Waals surface area contributed by atoms with Crippen LogP contribution in [0.25, 0.3) is 0 Å². The van der Waals surface area contributed by atoms with E-state index in [9.17, 15) is 19.2 Å². The van der Waals surface area contributed by atoms with E-state index in [2.05, 4.69) is 12.2 Å². The average Bonchev–Trinajstić information content (AvgIpc) is 2.75. The minimum atomic E-state index is -0.587. The molecule has 164 valence electrons. The van der Waals surface area contributed by atoms with Crippen LogP contribution >= 0.6 is 0 Å². The lowest BCUT2D eigenvalue weighted by molar-refractivity contribution is -0.149. The first-order valence-electron chi connectivity index (χ1n) is 10.5. The Bertz CT molecular complexity index is 740. The summed E-state index contributed by atoms with van der Waals surface area (Å²) in [5, 5.41) is 2.69. The zero-order valence-corrected chi connectivity index (χ0v) is 17.8. The molecule has 2 rings (SSSR count). The van der Waals surface area contributed by atoms with Crippen LogP contribution in [-0.2, 0) is 30.3 Å². The number of carbonyl (C=O) groups excluding carboxylic acids is 4. The van der Waals surface area contributed by atoms with Crippen LogP contribution in [0, 0.1) is 0 Å². The van der Waals surface area contributed by atoms with Gasteiger partial charge in [0.25, 0.3) is 5.91 Å². The molecule has 0 radical (unpaired) electrons. The van der Waals surface area contributed by atoms with Crippen molar-refractivity contribution in [3.63, 3.8) is 0 Å². The number of unbranched alkanes of at least 4 members (excludes halogenated alkanes) is 1. The van der Waals surface area contributed by atoms with E-state index in [1.54, 1.807) is 9.80 Å². The first-order valence-corrected chi connectivity index (χ1v) is 10.5. The molecule has 0 saturated carbocycles. The molecule has 1 heterocycles. The van der Waals surface area contributed by atoms with E-state index in [0.717, 1.165) is 19.3 Å². The van der Waals surface area contributed by atoms with Gasteiger partial charge in [-0.2, -0.15) is 0 Å². The monoisotopic (exact) mass is 417 g/mol. The molecular formula is C22H31N3O5. The fourth-order valence-electron chi connectivity index (χ4n) is 3.19. The van der Waals surface area contributed by atoms with Crippen LogP contribution in [0.1, 0.15) is 45.1 Å². The summed E-state index contributed by atoms with van der Waals surface area (Å²) in [4.78, 5) is 50.6. The number of esters is 1. The fourth-order valence-corrected chi connectivity index (χ4v) is 3.19. The number of anilines is 1. The van der Waals surface area contributed by atoms with Crippen LogP contribution in [0.15, 0.2) is 24.3 Å². The third-order valence-corrected chi connectivity index (χ3v) is 5.04. The van der Waals surface area contributed by atoms with Crippen molar-refractivity contribution in [2.75, 3.05) is 38.1 Å². The predicted octanol–water partition coefficient (Wildman–Crippen LogP) is 1.98. The van der Waals surface area contributed by atoms with E-state index in [4.69, 9.17) is 4.74 Å². The third kappa shape index (κ3) is 7.85. The molecule has 1 saturated heterocycles. The van der Waals surface area contributed by atoms with E-state index in [1.165, 1.54) is 12.5 Å². The van der Waals surface area contributed by atoms with E-state index in [1.807, 2.05) is 24.3 Å². The molecule has 0 bridgehead atoms. The summed E-state index contributed by atoms with van der Waals surface area (Å²) < 4.78 is 4.96. The number of hydrogen-bond donors (Lipinski definition) is 1. The second-order valence-electron chi connectivity index (χ2n) is 7.40. The highest BCUT2D eigenvalue weighted by molar-refractivity contribution is 5.93. The van der Waals surface area contributed by atoms with E-state index >= 15 is 0 Å². The average molecular weight is 418 g/mol. The fraction of sp³-hybridized carbons (Fsp3) is 0.545. The van der Waals surface area contributed by atoms with Crippen molar-refractivity contribution in [3.05, 3.63) is 29.8 Å². The Morgan fingerprint density at radius 1 is 0.967 bits per heavy atom. The smallest absolute Gasteiger partial charge is 0.306 e. The lowest BCUT2D eigenvalue weighted by Gasteiger charge is -2.34. The SMILES string of the molecule is CCCCc1ccc(NC(=O)COC(=O)CCC(=O)N2CCN(C(C)=O)CC2)cc1. The van der Waals surface area contributed by atoms with Crippen molar-refractivity contribution >= 4 is 29.4 Å². The van der Waals surface area contributed by atoms with Gasteiger partial charge < -0.3 is 19.9 Å². The standard InChI is InChI=1S/C22H31N3O5/c1-3-4-5-18-6-8-19(9-7-18)23-20(27)16-30-22(29)11-10-21(28)25-14-12-24(13-15-25)17(2)26/h6-9H,3-5,10-16H2,1-2H3,(H,23,27). The Morgan fingerprint density at radius 2 is 1.60 bits per heavy atom. The quantitative estimate of drug-likeness (QED) is 0.620. The normalized spacial score (nSPS) is 13.7. The highest BCUT2D eigenvalue weighted by Gasteiger charge is 2.22. The first-order chi connectivity index (χ1) is 14.4. The Labute approximate surface area is 177 Å². The summed E-state index contributed by atoms with van der Waals surface area (Å²) in [5.41, 5.74) is 1.87. The van der Waals surface area contributed by atoms with Crippen LogP contribution < -0.4 is 5.32 Å². The van der Waals surface area contributed by atoms with Crippen molar-refractivity contribution < 1.29 is 23.9 Å². The van der Waals surface area contributed by atoms with Crippen LogP contribution in [0.3, 0.4) is 0 Å². The Morgan fingerprint density at radius 3 is 2.20 bits per heavy atom. The summed E-state index contributed by atoms with van der Waals surface area (Å²) in [5.74, 6) is -1.16. The van der Waals surface area contributed by atoms with Crippen LogP contribution in [0.4, 0.5) is 5.69 Å². The van der Waals surface area contributed by atoms with Gasteiger partial charge in [0.15, 0.2) is 6.61 Å². The van der Waals surface area contributed by atoms with Crippen LogP contribution in [0.5, 0.6) is 0 Å². The van der Waals surface area contributed by atoms with Gasteiger partial charge in [-0.1, -0.05) is 25.5 Å². The molecular weight excluding hydrogens is 386 g/mol. The number of nitrogens with one attached hydrogen (secondary N) is 1. The maximum absolute atomic E-state index is 12.2. The molecule has 30 heavy (non-hydrogen) atoms. The number of ether oxygens (including phenoxy) is 1. The van der Waals surface area contributed by atoms with E-state index < -0.39 is 11.9 Å². The molecule has 0 spiro atoms. The maximum atomic E-state index is 12.2. The highest BCUT2D eigenvalue weighted by Crippen LogP contribution is 2.12. The van der Waals surface area contributed by atoms with Gasteiger partial charge in [-0.05, 0) is 30.5 Å². The van der Waals surface area contributed by atoms with Gasteiger partial charge in [0.1, 0.15) is 0 Å². The molecule has 8 heteroatoms. The van der Waals surface area contributed by atoms with Gasteiger partial charge in [0.2, 0.25) is 11.8 Å². The molecule has 0 atom stereocenters. The van der Waals surface area contributed by atoms with Crippen molar-refractivity contribution in [1.29, 1.82) is 0 Å². The number of nitrogens with zero attached hydrogens (tertiary/aromatic N) is 2. The van der Waals surface area contributed by atoms with E-state index in [-0.39, 0.29) is 31.3 Å². The molecule has 1 aromatic rings. The van der Waals surface area contributed by atoms with Gasteiger partial charge in [-0.15, -0.1) is 0 Å². The third-order valence-electron chi connectivity index (χ3n) is 5.04. The lowest BCUT2D eigenvalue weighted by atomic mass is 10.1. The summed E-state index contributed by atoms with van der Waals surface area (Å²) in [7, 11) is 0. The lowest BCUT2D eigenvalue weighted by Crippen LogP contribution is -2.50. The minimum absolute atomic E-state index is 0.00334. The first kappa shape index (κ1) is 23.4. The largest absolute Gasteiger partial charge is 0.456 e. The Hall–Kier alpha value is -2.90. The van der Waals surface area contributed by atoms with Crippen molar-refractivity contribution in [2.45, 2.75) is 46.0 Å². The summed E-state index contributed by atoms with van der Waals surface area (Å²) in [6.45, 7) is 5.20. The van der Waals surface area contributed by atoms with Crippen molar-refractivity contribution in [2.24, 2.45) is 0 Å². The number of benzene rings is 1. The Kier molecular flexibility index (Phi) is 9.31. The number of rotatable bonds is 9. The molecule has 0 aromatic heterocycles. The summed E-state index contributed by atoms with van der Waals surface area (Å²) in [6, 6.07) is 7.60. The molecule has 1 N–H and O–H groups in total. The van der Waals surface area contributed by atoms with E-state index in [0.29, 0.717) is 31.9 Å². The van der Waals surface area contributed by atoms with Crippen LogP contribution in [0.2, 0.25) is 0 Å². The summed E-state index contributed by atoms with van der Waals surface area (Å²) in [6.07, 6.45) is 3.21. The number of hydrogen-bond acceptors (Lipinski definition) is 5. The predicted molar refractivity (Wildman–Crippen MR) is 113 cm³/mol. The van der Waals surface area contributed by atoms with Crippen LogP contribution in [-0.4, -0.2) is 66.3 Å². The van der Waals surface area contributed by atoms with Gasteiger partial charge in [0, 0.05) is 45.2 Å². The number of aryl methyl sites for hydroxylation is 1. The molecule has 1 aromatic carbocycles.